The van der Waals surface area contributed by atoms with E-state index in [0.717, 1.165) is 37.0 Å². The summed E-state index contributed by atoms with van der Waals surface area (Å²) in [5, 5.41) is 5.42. The van der Waals surface area contributed by atoms with E-state index in [1.165, 1.54) is 19.3 Å². The zero-order valence-electron chi connectivity index (χ0n) is 18.4. The smallest absolute Gasteiger partial charge is 0.319 e. The maximum atomic E-state index is 12.7. The molecule has 1 atom stereocenters. The Morgan fingerprint density at radius 1 is 0.935 bits per heavy atom. The van der Waals surface area contributed by atoms with E-state index in [1.807, 2.05) is 32.0 Å². The molecule has 5 rings (SSSR count). The van der Waals surface area contributed by atoms with Crippen LogP contribution in [0.4, 0.5) is 10.5 Å². The molecule has 1 unspecified atom stereocenters. The molecular weight excluding hydrogens is 392 g/mol. The van der Waals surface area contributed by atoms with Crippen LogP contribution in [0.25, 0.3) is 0 Å². The number of hydrogen-bond acceptors (Lipinski definition) is 3. The van der Waals surface area contributed by atoms with Gasteiger partial charge in [0.25, 0.3) is 5.91 Å². The van der Waals surface area contributed by atoms with Gasteiger partial charge in [-0.3, -0.25) is 20.4 Å². The summed E-state index contributed by atoms with van der Waals surface area (Å²) in [6.07, 6.45) is 7.94. The number of hydrogen-bond donors (Lipinski definition) is 4. The summed E-state index contributed by atoms with van der Waals surface area (Å²) in [7, 11) is 0. The number of benzene rings is 1. The molecule has 168 valence electrons. The van der Waals surface area contributed by atoms with Crippen LogP contribution in [0.15, 0.2) is 30.3 Å². The number of para-hydroxylation sites is 1. The third-order valence-corrected chi connectivity index (χ3v) is 7.29. The van der Waals surface area contributed by atoms with Crippen LogP contribution in [0, 0.1) is 29.1 Å². The van der Waals surface area contributed by atoms with Gasteiger partial charge in [0.15, 0.2) is 0 Å². The van der Waals surface area contributed by atoms with E-state index in [2.05, 4.69) is 21.5 Å². The largest absolute Gasteiger partial charge is 0.326 e. The highest BCUT2D eigenvalue weighted by Gasteiger charge is 2.51. The third kappa shape index (κ3) is 5.20. The molecule has 0 aromatic heterocycles. The quantitative estimate of drug-likeness (QED) is 0.523. The standard InChI is InChI=1S/C24H34N4O3/c1-15(2)21(26-23(31)25-19-6-4-3-5-7-19)22(30)28-27-20(29)14-24-11-16-8-17(12-24)10-18(9-16)13-24/h3-7,15-18,21H,8-14H2,1-2H3,(H,27,29)(H,28,30)(H2,25,26,31). The van der Waals surface area contributed by atoms with Gasteiger partial charge in [0, 0.05) is 12.1 Å². The van der Waals surface area contributed by atoms with Crippen molar-refractivity contribution in [2.45, 2.75) is 64.8 Å². The highest BCUT2D eigenvalue weighted by atomic mass is 16.2. The Bertz CT molecular complexity index is 788. The van der Waals surface area contributed by atoms with Crippen molar-refractivity contribution in [1.82, 2.24) is 16.2 Å². The molecule has 4 fully saturated rings. The molecule has 4 aliphatic carbocycles. The predicted molar refractivity (Wildman–Crippen MR) is 119 cm³/mol. The summed E-state index contributed by atoms with van der Waals surface area (Å²) in [4.78, 5) is 37.6. The average molecular weight is 427 g/mol. The number of anilines is 1. The fraction of sp³-hybridized carbons (Fsp3) is 0.625. The van der Waals surface area contributed by atoms with E-state index in [1.54, 1.807) is 12.1 Å². The minimum Gasteiger partial charge on any atom is -0.326 e. The second kappa shape index (κ2) is 8.89. The Morgan fingerprint density at radius 3 is 2.06 bits per heavy atom. The second-order valence-electron chi connectivity index (χ2n) is 10.3. The van der Waals surface area contributed by atoms with Crippen LogP contribution in [0.3, 0.4) is 0 Å². The zero-order chi connectivity index (χ0) is 22.0. The Morgan fingerprint density at radius 2 is 1.52 bits per heavy atom. The van der Waals surface area contributed by atoms with Gasteiger partial charge < -0.3 is 10.6 Å². The molecule has 0 saturated heterocycles. The van der Waals surface area contributed by atoms with Crippen molar-refractivity contribution in [2.24, 2.45) is 29.1 Å². The maximum Gasteiger partial charge on any atom is 0.319 e. The number of hydrazine groups is 1. The topological polar surface area (TPSA) is 99.3 Å². The molecule has 4 saturated carbocycles. The highest BCUT2D eigenvalue weighted by molar-refractivity contribution is 5.94. The van der Waals surface area contributed by atoms with Crippen LogP contribution < -0.4 is 21.5 Å². The molecule has 0 heterocycles. The van der Waals surface area contributed by atoms with Gasteiger partial charge in [0.1, 0.15) is 6.04 Å². The van der Waals surface area contributed by atoms with Crippen LogP contribution in [-0.4, -0.2) is 23.9 Å². The second-order valence-corrected chi connectivity index (χ2v) is 10.3. The van der Waals surface area contributed by atoms with Crippen molar-refractivity contribution in [2.75, 3.05) is 5.32 Å². The molecule has 4 aliphatic rings. The number of amides is 4. The first-order chi connectivity index (χ1) is 14.8. The van der Waals surface area contributed by atoms with Gasteiger partial charge in [-0.1, -0.05) is 32.0 Å². The number of rotatable bonds is 6. The Kier molecular flexibility index (Phi) is 6.21. The maximum absolute atomic E-state index is 12.7. The molecule has 7 nitrogen and oxygen atoms in total. The first-order valence-corrected chi connectivity index (χ1v) is 11.5. The molecule has 1 aromatic carbocycles. The van der Waals surface area contributed by atoms with Gasteiger partial charge in [-0.05, 0) is 79.7 Å². The third-order valence-electron chi connectivity index (χ3n) is 7.29. The Hall–Kier alpha value is -2.57. The average Bonchev–Trinajstić information content (AvgIpc) is 2.69. The lowest BCUT2D eigenvalue weighted by Gasteiger charge is -2.56. The molecule has 4 bridgehead atoms. The van der Waals surface area contributed by atoms with Gasteiger partial charge in [-0.2, -0.15) is 0 Å². The van der Waals surface area contributed by atoms with Gasteiger partial charge in [0.05, 0.1) is 0 Å². The zero-order valence-corrected chi connectivity index (χ0v) is 18.4. The summed E-state index contributed by atoms with van der Waals surface area (Å²) in [6, 6.07) is 7.83. The highest BCUT2D eigenvalue weighted by Crippen LogP contribution is 2.61. The first-order valence-electron chi connectivity index (χ1n) is 11.5. The summed E-state index contributed by atoms with van der Waals surface area (Å²) >= 11 is 0. The summed E-state index contributed by atoms with van der Waals surface area (Å²) in [5.74, 6) is 1.66. The molecule has 7 heteroatoms. The fourth-order valence-corrected chi connectivity index (χ4v) is 6.47. The van der Waals surface area contributed by atoms with Crippen molar-refractivity contribution < 1.29 is 14.4 Å². The van der Waals surface area contributed by atoms with Crippen LogP contribution in [0.1, 0.15) is 58.8 Å². The van der Waals surface area contributed by atoms with Crippen molar-refractivity contribution in [1.29, 1.82) is 0 Å². The number of urea groups is 1. The van der Waals surface area contributed by atoms with E-state index >= 15 is 0 Å². The minimum absolute atomic E-state index is 0.120. The molecule has 0 spiro atoms. The van der Waals surface area contributed by atoms with Gasteiger partial charge in [0.2, 0.25) is 5.91 Å². The molecule has 0 aliphatic heterocycles. The van der Waals surface area contributed by atoms with Crippen LogP contribution in [-0.2, 0) is 9.59 Å². The van der Waals surface area contributed by atoms with Gasteiger partial charge in [-0.25, -0.2) is 4.79 Å². The summed E-state index contributed by atoms with van der Waals surface area (Å²) in [6.45, 7) is 3.70. The van der Waals surface area contributed by atoms with Crippen molar-refractivity contribution >= 4 is 23.5 Å². The van der Waals surface area contributed by atoms with Gasteiger partial charge in [-0.15, -0.1) is 0 Å². The predicted octanol–water partition coefficient (Wildman–Crippen LogP) is 3.59. The Balaban J connectivity index is 1.27. The van der Waals surface area contributed by atoms with Crippen molar-refractivity contribution in [3.8, 4) is 0 Å². The monoisotopic (exact) mass is 426 g/mol. The van der Waals surface area contributed by atoms with Crippen molar-refractivity contribution in [3.63, 3.8) is 0 Å². The first kappa shape index (κ1) is 21.7. The molecule has 4 N–H and O–H groups in total. The molecule has 0 radical (unpaired) electrons. The molecule has 1 aromatic rings. The van der Waals surface area contributed by atoms with E-state index in [9.17, 15) is 14.4 Å². The van der Waals surface area contributed by atoms with Crippen LogP contribution in [0.2, 0.25) is 0 Å². The molecule has 31 heavy (non-hydrogen) atoms. The lowest BCUT2D eigenvalue weighted by Crippen LogP contribution is -2.56. The summed E-state index contributed by atoms with van der Waals surface area (Å²) in [5.41, 5.74) is 5.91. The molecule has 4 amide bonds. The molecular formula is C24H34N4O3. The normalized spacial score (nSPS) is 29.3. The number of carbonyl (C=O) groups is 3. The van der Waals surface area contributed by atoms with E-state index in [-0.39, 0.29) is 17.2 Å². The fourth-order valence-electron chi connectivity index (χ4n) is 6.47. The minimum atomic E-state index is -0.761. The lowest BCUT2D eigenvalue weighted by molar-refractivity contribution is -0.135. The van der Waals surface area contributed by atoms with Gasteiger partial charge >= 0.3 is 6.03 Å². The van der Waals surface area contributed by atoms with Crippen LogP contribution >= 0.6 is 0 Å². The van der Waals surface area contributed by atoms with E-state index < -0.39 is 18.0 Å². The Labute approximate surface area is 184 Å². The van der Waals surface area contributed by atoms with E-state index in [4.69, 9.17) is 0 Å². The van der Waals surface area contributed by atoms with Crippen molar-refractivity contribution in [3.05, 3.63) is 30.3 Å². The number of nitrogens with one attached hydrogen (secondary N) is 4. The SMILES string of the molecule is CC(C)C(NC(=O)Nc1ccccc1)C(=O)NNC(=O)CC12CC3CC(CC(C3)C1)C2. The lowest BCUT2D eigenvalue weighted by atomic mass is 9.49. The summed E-state index contributed by atoms with van der Waals surface area (Å²) < 4.78 is 0. The van der Waals surface area contributed by atoms with Crippen LogP contribution in [0.5, 0.6) is 0 Å². The number of carbonyl (C=O) groups excluding carboxylic acids is 3. The van der Waals surface area contributed by atoms with E-state index in [0.29, 0.717) is 12.1 Å².